The Hall–Kier alpha value is -2.40. The van der Waals surface area contributed by atoms with E-state index in [0.717, 1.165) is 11.3 Å². The molecule has 0 unspecified atom stereocenters. The van der Waals surface area contributed by atoms with Crippen LogP contribution in [0.1, 0.15) is 41.3 Å². The van der Waals surface area contributed by atoms with Gasteiger partial charge in [-0.25, -0.2) is 4.79 Å². The molecule has 0 fully saturated rings. The molecule has 23 heavy (non-hydrogen) atoms. The second kappa shape index (κ2) is 7.24. The van der Waals surface area contributed by atoms with Crippen molar-refractivity contribution in [3.8, 4) is 0 Å². The average molecular weight is 328 g/mol. The number of benzene rings is 2. The van der Waals surface area contributed by atoms with Crippen LogP contribution in [0.5, 0.6) is 0 Å². The maximum atomic E-state index is 11.1. The summed E-state index contributed by atoms with van der Waals surface area (Å²) in [5, 5.41) is 15.6. The maximum Gasteiger partial charge on any atom is 0.335 e. The van der Waals surface area contributed by atoms with Crippen LogP contribution in [0.2, 0.25) is 0 Å². The first-order chi connectivity index (χ1) is 10.9. The molecule has 0 radical (unpaired) electrons. The molecule has 0 saturated carbocycles. The lowest BCUT2D eigenvalue weighted by Gasteiger charge is -2.14. The van der Waals surface area contributed by atoms with Gasteiger partial charge in [-0.2, -0.15) is 0 Å². The van der Waals surface area contributed by atoms with E-state index in [1.165, 1.54) is 5.56 Å². The first-order valence-corrected chi connectivity index (χ1v) is 7.79. The normalized spacial score (nSPS) is 10.4. The number of carboxylic acids is 1. The highest BCUT2D eigenvalue weighted by atomic mass is 32.1. The average Bonchev–Trinajstić information content (AvgIpc) is 2.49. The molecule has 5 heteroatoms. The van der Waals surface area contributed by atoms with Crippen molar-refractivity contribution in [2.75, 3.05) is 10.6 Å². The highest BCUT2D eigenvalue weighted by molar-refractivity contribution is 7.80. The van der Waals surface area contributed by atoms with E-state index in [2.05, 4.69) is 36.6 Å². The molecular formula is C18H20N2O2S. The van der Waals surface area contributed by atoms with Crippen LogP contribution in [0.25, 0.3) is 0 Å². The molecule has 2 rings (SSSR count). The standard InChI is InChI=1S/C18H20N2O2S/c1-11(2)13-6-8-15(9-7-13)19-18(23)20-16-10-14(17(21)22)5-4-12(16)3/h4-11H,1-3H3,(H,21,22)(H2,19,20,23). The summed E-state index contributed by atoms with van der Waals surface area (Å²) in [5.74, 6) is -0.480. The summed E-state index contributed by atoms with van der Waals surface area (Å²) in [6.45, 7) is 6.19. The van der Waals surface area contributed by atoms with Gasteiger partial charge in [-0.3, -0.25) is 0 Å². The molecule has 2 aromatic rings. The molecule has 0 aliphatic carbocycles. The minimum absolute atomic E-state index is 0.224. The highest BCUT2D eigenvalue weighted by Crippen LogP contribution is 2.19. The zero-order chi connectivity index (χ0) is 17.0. The van der Waals surface area contributed by atoms with Crippen LogP contribution >= 0.6 is 12.2 Å². The van der Waals surface area contributed by atoms with Crippen molar-refractivity contribution < 1.29 is 9.90 Å². The minimum Gasteiger partial charge on any atom is -0.478 e. The van der Waals surface area contributed by atoms with Gasteiger partial charge in [0, 0.05) is 11.4 Å². The Morgan fingerprint density at radius 2 is 1.74 bits per heavy atom. The molecule has 120 valence electrons. The SMILES string of the molecule is Cc1ccc(C(=O)O)cc1NC(=S)Nc1ccc(C(C)C)cc1. The van der Waals surface area contributed by atoms with Crippen molar-refractivity contribution in [1.29, 1.82) is 0 Å². The van der Waals surface area contributed by atoms with Crippen LogP contribution in [-0.2, 0) is 0 Å². The van der Waals surface area contributed by atoms with Crippen molar-refractivity contribution in [3.05, 3.63) is 59.2 Å². The molecule has 0 heterocycles. The van der Waals surface area contributed by atoms with Crippen LogP contribution in [-0.4, -0.2) is 16.2 Å². The van der Waals surface area contributed by atoms with E-state index in [1.807, 2.05) is 19.1 Å². The number of carbonyl (C=O) groups is 1. The number of anilines is 2. The van der Waals surface area contributed by atoms with E-state index in [0.29, 0.717) is 16.7 Å². The van der Waals surface area contributed by atoms with Gasteiger partial charge in [-0.15, -0.1) is 0 Å². The van der Waals surface area contributed by atoms with E-state index in [4.69, 9.17) is 17.3 Å². The molecule has 0 spiro atoms. The van der Waals surface area contributed by atoms with E-state index >= 15 is 0 Å². The molecule has 0 aliphatic rings. The van der Waals surface area contributed by atoms with Gasteiger partial charge in [0.2, 0.25) is 0 Å². The summed E-state index contributed by atoms with van der Waals surface area (Å²) in [6.07, 6.45) is 0. The number of aromatic carboxylic acids is 1. The zero-order valence-corrected chi connectivity index (χ0v) is 14.2. The van der Waals surface area contributed by atoms with Gasteiger partial charge in [0.1, 0.15) is 0 Å². The minimum atomic E-state index is -0.962. The fraction of sp³-hybridized carbons (Fsp3) is 0.222. The van der Waals surface area contributed by atoms with Crippen molar-refractivity contribution in [1.82, 2.24) is 0 Å². The predicted octanol–water partition coefficient (Wildman–Crippen LogP) is 4.63. The van der Waals surface area contributed by atoms with E-state index < -0.39 is 5.97 Å². The van der Waals surface area contributed by atoms with Gasteiger partial charge in [-0.1, -0.05) is 32.0 Å². The first kappa shape index (κ1) is 17.0. The molecular weight excluding hydrogens is 308 g/mol. The summed E-state index contributed by atoms with van der Waals surface area (Å²) in [6, 6.07) is 13.0. The number of thiocarbonyl (C=S) groups is 1. The quantitative estimate of drug-likeness (QED) is 0.715. The Labute approximate surface area is 141 Å². The van der Waals surface area contributed by atoms with E-state index in [9.17, 15) is 4.79 Å². The lowest BCUT2D eigenvalue weighted by Crippen LogP contribution is -2.20. The van der Waals surface area contributed by atoms with Gasteiger partial charge in [0.25, 0.3) is 0 Å². The number of carboxylic acid groups (broad SMARTS) is 1. The van der Waals surface area contributed by atoms with Crippen molar-refractivity contribution in [3.63, 3.8) is 0 Å². The summed E-state index contributed by atoms with van der Waals surface area (Å²) < 4.78 is 0. The second-order valence-electron chi connectivity index (χ2n) is 5.69. The first-order valence-electron chi connectivity index (χ1n) is 7.38. The third kappa shape index (κ3) is 4.53. The van der Waals surface area contributed by atoms with E-state index in [-0.39, 0.29) is 5.56 Å². The van der Waals surface area contributed by atoms with Crippen LogP contribution < -0.4 is 10.6 Å². The lowest BCUT2D eigenvalue weighted by molar-refractivity contribution is 0.0697. The fourth-order valence-electron chi connectivity index (χ4n) is 2.13. The largest absolute Gasteiger partial charge is 0.478 e. The van der Waals surface area contributed by atoms with Crippen LogP contribution in [0.15, 0.2) is 42.5 Å². The predicted molar refractivity (Wildman–Crippen MR) is 98.5 cm³/mol. The maximum absolute atomic E-state index is 11.1. The Bertz CT molecular complexity index is 724. The Kier molecular flexibility index (Phi) is 5.34. The summed E-state index contributed by atoms with van der Waals surface area (Å²) in [4.78, 5) is 11.1. The molecule has 0 aromatic heterocycles. The van der Waals surface area contributed by atoms with E-state index in [1.54, 1.807) is 18.2 Å². The van der Waals surface area contributed by atoms with Gasteiger partial charge in [0.15, 0.2) is 5.11 Å². The van der Waals surface area contributed by atoms with Crippen molar-refractivity contribution in [2.45, 2.75) is 26.7 Å². The van der Waals surface area contributed by atoms with Crippen molar-refractivity contribution in [2.24, 2.45) is 0 Å². The summed E-state index contributed by atoms with van der Waals surface area (Å²) in [7, 11) is 0. The number of nitrogens with one attached hydrogen (secondary N) is 2. The van der Waals surface area contributed by atoms with Gasteiger partial charge in [-0.05, 0) is 60.5 Å². The van der Waals surface area contributed by atoms with Crippen LogP contribution in [0, 0.1) is 6.92 Å². The molecule has 4 nitrogen and oxygen atoms in total. The van der Waals surface area contributed by atoms with Crippen LogP contribution in [0.3, 0.4) is 0 Å². The van der Waals surface area contributed by atoms with Gasteiger partial charge >= 0.3 is 5.97 Å². The zero-order valence-electron chi connectivity index (χ0n) is 13.4. The molecule has 0 bridgehead atoms. The number of aryl methyl sites for hydroxylation is 1. The van der Waals surface area contributed by atoms with Crippen molar-refractivity contribution >= 4 is 34.7 Å². The molecule has 2 aromatic carbocycles. The number of hydrogen-bond donors (Lipinski definition) is 3. The molecule has 0 aliphatic heterocycles. The van der Waals surface area contributed by atoms with Gasteiger partial charge < -0.3 is 15.7 Å². The number of hydrogen-bond acceptors (Lipinski definition) is 2. The smallest absolute Gasteiger partial charge is 0.335 e. The van der Waals surface area contributed by atoms with Crippen LogP contribution in [0.4, 0.5) is 11.4 Å². The molecule has 0 amide bonds. The fourth-order valence-corrected chi connectivity index (χ4v) is 2.35. The number of rotatable bonds is 4. The molecule has 0 atom stereocenters. The Morgan fingerprint density at radius 3 is 2.30 bits per heavy atom. The molecule has 0 saturated heterocycles. The lowest BCUT2D eigenvalue weighted by atomic mass is 10.0. The molecule has 3 N–H and O–H groups in total. The monoisotopic (exact) mass is 328 g/mol. The third-order valence-corrected chi connectivity index (χ3v) is 3.77. The highest BCUT2D eigenvalue weighted by Gasteiger charge is 2.08. The Balaban J connectivity index is 2.07. The topological polar surface area (TPSA) is 61.4 Å². The van der Waals surface area contributed by atoms with Gasteiger partial charge in [0.05, 0.1) is 5.56 Å². The summed E-state index contributed by atoms with van der Waals surface area (Å²) in [5.41, 5.74) is 3.98. The Morgan fingerprint density at radius 1 is 1.09 bits per heavy atom. The third-order valence-electron chi connectivity index (χ3n) is 3.57. The summed E-state index contributed by atoms with van der Waals surface area (Å²) >= 11 is 5.30. The second-order valence-corrected chi connectivity index (χ2v) is 6.10.